The van der Waals surface area contributed by atoms with Gasteiger partial charge in [0.2, 0.25) is 5.91 Å². The molecule has 2 heterocycles. The first kappa shape index (κ1) is 33.1. The summed E-state index contributed by atoms with van der Waals surface area (Å²) in [6.07, 6.45) is 0.865. The number of hydrogen-bond donors (Lipinski definition) is 1. The van der Waals surface area contributed by atoms with Gasteiger partial charge in [-0.15, -0.1) is 0 Å². The minimum absolute atomic E-state index is 0.00244. The highest BCUT2D eigenvalue weighted by atomic mass is 19.1. The van der Waals surface area contributed by atoms with Crippen LogP contribution in [0.1, 0.15) is 68.9 Å². The van der Waals surface area contributed by atoms with Crippen LogP contribution < -0.4 is 5.32 Å². The average molecular weight is 626 g/mol. The zero-order valence-corrected chi connectivity index (χ0v) is 27.5. The second kappa shape index (κ2) is 14.0. The van der Waals surface area contributed by atoms with Crippen molar-refractivity contribution < 1.29 is 23.5 Å². The Balaban J connectivity index is 1.64. The Labute approximate surface area is 271 Å². The number of nitrogens with one attached hydrogen (secondary N) is 1. The van der Waals surface area contributed by atoms with Gasteiger partial charge >= 0.3 is 0 Å². The summed E-state index contributed by atoms with van der Waals surface area (Å²) >= 11 is 0. The molecule has 0 spiro atoms. The molecule has 5 rings (SSSR count). The summed E-state index contributed by atoms with van der Waals surface area (Å²) in [6, 6.07) is 25.8. The van der Waals surface area contributed by atoms with Gasteiger partial charge in [-0.1, -0.05) is 74.5 Å². The second-order valence-electron chi connectivity index (χ2n) is 12.9. The predicted molar refractivity (Wildman–Crippen MR) is 180 cm³/mol. The Bertz CT molecular complexity index is 1660. The number of hydrogen-bond acceptors (Lipinski definition) is 4. The van der Waals surface area contributed by atoms with Crippen molar-refractivity contribution in [2.75, 3.05) is 19.4 Å². The molecule has 2 atom stereocenters. The van der Waals surface area contributed by atoms with Crippen molar-refractivity contribution in [3.05, 3.63) is 102 Å². The van der Waals surface area contributed by atoms with E-state index in [1.165, 1.54) is 6.07 Å². The first-order chi connectivity index (χ1) is 21.9. The number of aromatic nitrogens is 1. The van der Waals surface area contributed by atoms with E-state index in [-0.39, 0.29) is 42.2 Å². The molecular formula is C38H44FN3O4. The largest absolute Gasteiger partial charge is 0.349 e. The number of carbonyl (C=O) groups is 2. The molecule has 0 aliphatic carbocycles. The third kappa shape index (κ3) is 7.40. The van der Waals surface area contributed by atoms with Gasteiger partial charge in [0.05, 0.1) is 29.9 Å². The molecule has 7 nitrogen and oxygen atoms in total. The molecule has 0 unspecified atom stereocenters. The van der Waals surface area contributed by atoms with Crippen molar-refractivity contribution in [2.24, 2.45) is 0 Å². The van der Waals surface area contributed by atoms with E-state index >= 15 is 4.39 Å². The smallest absolute Gasteiger partial charge is 0.258 e. The lowest BCUT2D eigenvalue weighted by atomic mass is 9.94. The molecule has 1 N–H and O–H groups in total. The van der Waals surface area contributed by atoms with Gasteiger partial charge in [-0.05, 0) is 56.0 Å². The molecule has 1 aliphatic rings. The van der Waals surface area contributed by atoms with E-state index in [9.17, 15) is 9.59 Å². The van der Waals surface area contributed by atoms with E-state index in [0.717, 1.165) is 11.3 Å². The van der Waals surface area contributed by atoms with Crippen LogP contribution in [-0.4, -0.2) is 53.4 Å². The van der Waals surface area contributed by atoms with E-state index in [1.807, 2.05) is 80.6 Å². The summed E-state index contributed by atoms with van der Waals surface area (Å²) in [6.45, 7) is 8.31. The number of rotatable bonds is 10. The molecule has 242 valence electrons. The number of anilines is 1. The zero-order chi connectivity index (χ0) is 33.0. The van der Waals surface area contributed by atoms with Gasteiger partial charge in [0, 0.05) is 49.6 Å². The summed E-state index contributed by atoms with van der Waals surface area (Å²) in [7, 11) is 3.48. The van der Waals surface area contributed by atoms with Crippen molar-refractivity contribution in [3.63, 3.8) is 0 Å². The number of benzene rings is 3. The van der Waals surface area contributed by atoms with Gasteiger partial charge in [-0.3, -0.25) is 9.59 Å². The van der Waals surface area contributed by atoms with Gasteiger partial charge in [-0.2, -0.15) is 0 Å². The molecular weight excluding hydrogens is 581 g/mol. The first-order valence-electron chi connectivity index (χ1n) is 15.9. The normalized spacial score (nSPS) is 17.6. The van der Waals surface area contributed by atoms with Gasteiger partial charge in [0.15, 0.2) is 5.79 Å². The van der Waals surface area contributed by atoms with E-state index in [4.69, 9.17) is 9.47 Å². The third-order valence-corrected chi connectivity index (χ3v) is 8.30. The minimum atomic E-state index is -0.873. The van der Waals surface area contributed by atoms with Gasteiger partial charge in [0.1, 0.15) is 5.82 Å². The lowest BCUT2D eigenvalue weighted by molar-refractivity contribution is -0.300. The quantitative estimate of drug-likeness (QED) is 0.193. The summed E-state index contributed by atoms with van der Waals surface area (Å²) in [5.41, 5.74) is 4.59. The molecule has 0 saturated carbocycles. The van der Waals surface area contributed by atoms with Crippen molar-refractivity contribution in [2.45, 2.75) is 77.4 Å². The molecule has 0 bridgehead atoms. The van der Waals surface area contributed by atoms with E-state index in [2.05, 4.69) is 23.7 Å². The lowest BCUT2D eigenvalue weighted by Crippen LogP contribution is -2.46. The lowest BCUT2D eigenvalue weighted by Gasteiger charge is -2.41. The first-order valence-corrected chi connectivity index (χ1v) is 15.9. The van der Waals surface area contributed by atoms with E-state index in [1.54, 1.807) is 31.1 Å². The fourth-order valence-corrected chi connectivity index (χ4v) is 6.41. The van der Waals surface area contributed by atoms with Crippen LogP contribution in [0.5, 0.6) is 0 Å². The maximum absolute atomic E-state index is 15.8. The Hall–Kier alpha value is -4.27. The molecule has 4 aromatic rings. The standard InChI is InChI=1S/C38H44FN3O4/c1-25(2)35-34(37(44)40-27-17-11-8-12-18-27)33(26-15-9-7-10-16-26)36(30-19-13-14-20-31(30)39)42(35)22-21-28-23-29(24-32(43)41(5)6)46-38(3,4)45-28/h7-20,25,28-29H,21-24H2,1-6H3,(H,40,44)/t28-,29-/m1/s1. The van der Waals surface area contributed by atoms with Crippen LogP contribution in [-0.2, 0) is 20.8 Å². The van der Waals surface area contributed by atoms with Gasteiger partial charge < -0.3 is 24.3 Å². The van der Waals surface area contributed by atoms with Crippen LogP contribution >= 0.6 is 0 Å². The predicted octanol–water partition coefficient (Wildman–Crippen LogP) is 8.12. The summed E-state index contributed by atoms with van der Waals surface area (Å²) in [4.78, 5) is 28.4. The molecule has 2 amide bonds. The van der Waals surface area contributed by atoms with Crippen molar-refractivity contribution in [3.8, 4) is 22.4 Å². The number of para-hydroxylation sites is 1. The van der Waals surface area contributed by atoms with Crippen LogP contribution in [0.3, 0.4) is 0 Å². The Morgan fingerprint density at radius 3 is 2.17 bits per heavy atom. The highest BCUT2D eigenvalue weighted by Gasteiger charge is 2.37. The number of amides is 2. The molecule has 0 radical (unpaired) electrons. The number of ether oxygens (including phenoxy) is 2. The Morgan fingerprint density at radius 1 is 0.935 bits per heavy atom. The SMILES string of the molecule is CC(C)c1c(C(=O)Nc2ccccc2)c(-c2ccccc2)c(-c2ccccc2F)n1CC[C@@H]1C[C@H](CC(=O)N(C)C)OC(C)(C)O1. The van der Waals surface area contributed by atoms with Crippen LogP contribution in [0.25, 0.3) is 22.4 Å². The topological polar surface area (TPSA) is 72.8 Å². The fourth-order valence-electron chi connectivity index (χ4n) is 6.41. The molecule has 1 aromatic heterocycles. The second-order valence-corrected chi connectivity index (χ2v) is 12.9. The summed E-state index contributed by atoms with van der Waals surface area (Å²) in [5, 5.41) is 3.10. The summed E-state index contributed by atoms with van der Waals surface area (Å²) < 4.78 is 30.4. The molecule has 1 saturated heterocycles. The number of halogens is 1. The fraction of sp³-hybridized carbons (Fsp3) is 0.368. The van der Waals surface area contributed by atoms with Crippen LogP contribution in [0.15, 0.2) is 84.9 Å². The molecule has 3 aromatic carbocycles. The van der Waals surface area contributed by atoms with Gasteiger partial charge in [-0.25, -0.2) is 4.39 Å². The maximum Gasteiger partial charge on any atom is 0.258 e. The highest BCUT2D eigenvalue weighted by Crippen LogP contribution is 2.43. The van der Waals surface area contributed by atoms with E-state index in [0.29, 0.717) is 47.5 Å². The number of nitrogens with zero attached hydrogens (tertiary/aromatic N) is 2. The van der Waals surface area contributed by atoms with Crippen molar-refractivity contribution >= 4 is 17.5 Å². The highest BCUT2D eigenvalue weighted by molar-refractivity contribution is 6.12. The number of carbonyl (C=O) groups excluding carboxylic acids is 2. The van der Waals surface area contributed by atoms with Gasteiger partial charge in [0.25, 0.3) is 5.91 Å². The summed E-state index contributed by atoms with van der Waals surface area (Å²) in [5.74, 6) is -1.57. The molecule has 1 aliphatic heterocycles. The Kier molecular flexibility index (Phi) is 10.1. The molecule has 1 fully saturated rings. The van der Waals surface area contributed by atoms with Crippen LogP contribution in [0, 0.1) is 5.82 Å². The minimum Gasteiger partial charge on any atom is -0.349 e. The average Bonchev–Trinajstić information content (AvgIpc) is 3.36. The maximum atomic E-state index is 15.8. The van der Waals surface area contributed by atoms with Crippen LogP contribution in [0.2, 0.25) is 0 Å². The molecule has 8 heteroatoms. The monoisotopic (exact) mass is 625 g/mol. The van der Waals surface area contributed by atoms with Crippen molar-refractivity contribution in [1.82, 2.24) is 9.47 Å². The third-order valence-electron chi connectivity index (χ3n) is 8.30. The Morgan fingerprint density at radius 2 is 1.54 bits per heavy atom. The zero-order valence-electron chi connectivity index (χ0n) is 27.5. The molecule has 46 heavy (non-hydrogen) atoms. The van der Waals surface area contributed by atoms with Crippen LogP contribution in [0.4, 0.5) is 10.1 Å². The van der Waals surface area contributed by atoms with E-state index < -0.39 is 5.79 Å². The van der Waals surface area contributed by atoms with Crippen molar-refractivity contribution in [1.29, 1.82) is 0 Å².